The lowest BCUT2D eigenvalue weighted by Gasteiger charge is -2.11. The summed E-state index contributed by atoms with van der Waals surface area (Å²) in [6.07, 6.45) is 0.912. The highest BCUT2D eigenvalue weighted by Crippen LogP contribution is 2.12. The minimum absolute atomic E-state index is 0.0512. The third-order valence-electron chi connectivity index (χ3n) is 2.94. The molecule has 1 rings (SSSR count). The van der Waals surface area contributed by atoms with E-state index in [-0.39, 0.29) is 12.1 Å². The summed E-state index contributed by atoms with van der Waals surface area (Å²) in [6.45, 7) is 4.71. The van der Waals surface area contributed by atoms with Crippen molar-refractivity contribution in [3.8, 4) is 0 Å². The van der Waals surface area contributed by atoms with Crippen LogP contribution in [0.5, 0.6) is 0 Å². The predicted molar refractivity (Wildman–Crippen MR) is 66.5 cm³/mol. The Labute approximate surface area is 111 Å². The van der Waals surface area contributed by atoms with Gasteiger partial charge in [0.05, 0.1) is 26.3 Å². The number of carbonyl (C=O) groups excluding carboxylic acids is 2. The Bertz CT molecular complexity index is 456. The highest BCUT2D eigenvalue weighted by molar-refractivity contribution is 5.89. The second-order valence-electron chi connectivity index (χ2n) is 4.32. The van der Waals surface area contributed by atoms with Crippen LogP contribution in [-0.4, -0.2) is 41.2 Å². The van der Waals surface area contributed by atoms with Crippen molar-refractivity contribution in [1.82, 2.24) is 15.0 Å². The third-order valence-corrected chi connectivity index (χ3v) is 2.94. The van der Waals surface area contributed by atoms with Crippen LogP contribution in [0.2, 0.25) is 0 Å². The third kappa shape index (κ3) is 3.77. The number of rotatable bonds is 6. The van der Waals surface area contributed by atoms with Gasteiger partial charge in [0.15, 0.2) is 5.69 Å². The fourth-order valence-electron chi connectivity index (χ4n) is 1.54. The molecule has 0 aromatic carbocycles. The van der Waals surface area contributed by atoms with E-state index in [1.54, 1.807) is 4.68 Å². The second-order valence-corrected chi connectivity index (χ2v) is 4.32. The number of esters is 2. The molecule has 1 atom stereocenters. The highest BCUT2D eigenvalue weighted by Gasteiger charge is 2.23. The van der Waals surface area contributed by atoms with Crippen molar-refractivity contribution >= 4 is 11.9 Å². The van der Waals surface area contributed by atoms with Gasteiger partial charge in [0, 0.05) is 6.54 Å². The largest absolute Gasteiger partial charge is 0.469 e. The van der Waals surface area contributed by atoms with Crippen LogP contribution in [0, 0.1) is 5.92 Å². The SMILES string of the molecule is CCC(C)Cn1nnc(C(=O)OC)c1CC(=O)OC. The summed E-state index contributed by atoms with van der Waals surface area (Å²) >= 11 is 0. The first-order valence-electron chi connectivity index (χ1n) is 6.10. The van der Waals surface area contributed by atoms with Gasteiger partial charge in [-0.3, -0.25) is 4.79 Å². The molecule has 7 nitrogen and oxygen atoms in total. The molecule has 0 aliphatic heterocycles. The molecule has 106 valence electrons. The lowest BCUT2D eigenvalue weighted by molar-refractivity contribution is -0.139. The highest BCUT2D eigenvalue weighted by atomic mass is 16.5. The zero-order valence-electron chi connectivity index (χ0n) is 11.7. The number of methoxy groups -OCH3 is 2. The Balaban J connectivity index is 3.06. The fraction of sp³-hybridized carbons (Fsp3) is 0.667. The topological polar surface area (TPSA) is 83.3 Å². The van der Waals surface area contributed by atoms with E-state index in [4.69, 9.17) is 0 Å². The lowest BCUT2D eigenvalue weighted by atomic mass is 10.1. The first-order valence-corrected chi connectivity index (χ1v) is 6.10. The van der Waals surface area contributed by atoms with Crippen LogP contribution in [0.1, 0.15) is 36.5 Å². The van der Waals surface area contributed by atoms with Crippen molar-refractivity contribution in [2.24, 2.45) is 5.92 Å². The summed E-state index contributed by atoms with van der Waals surface area (Å²) in [7, 11) is 2.56. The normalized spacial score (nSPS) is 12.0. The molecule has 0 aliphatic carbocycles. The molecule has 0 saturated heterocycles. The minimum Gasteiger partial charge on any atom is -0.469 e. The first kappa shape index (κ1) is 15.1. The quantitative estimate of drug-likeness (QED) is 0.711. The molecule has 0 amide bonds. The van der Waals surface area contributed by atoms with Crippen molar-refractivity contribution < 1.29 is 19.1 Å². The molecule has 0 aliphatic rings. The van der Waals surface area contributed by atoms with Gasteiger partial charge < -0.3 is 9.47 Å². The molecule has 1 heterocycles. The van der Waals surface area contributed by atoms with Gasteiger partial charge in [-0.2, -0.15) is 0 Å². The number of aromatic nitrogens is 3. The first-order chi connectivity index (χ1) is 9.03. The van der Waals surface area contributed by atoms with Crippen LogP contribution in [0.15, 0.2) is 0 Å². The molecule has 19 heavy (non-hydrogen) atoms. The van der Waals surface area contributed by atoms with Crippen LogP contribution < -0.4 is 0 Å². The molecule has 1 aromatic heterocycles. The molecule has 1 aromatic rings. The average Bonchev–Trinajstić information content (AvgIpc) is 2.80. The van der Waals surface area contributed by atoms with Gasteiger partial charge in [-0.05, 0) is 5.92 Å². The van der Waals surface area contributed by atoms with Gasteiger partial charge in [-0.25, -0.2) is 9.48 Å². The molecular formula is C12H19N3O4. The molecule has 0 spiro atoms. The minimum atomic E-state index is -0.602. The van der Waals surface area contributed by atoms with E-state index >= 15 is 0 Å². The maximum Gasteiger partial charge on any atom is 0.360 e. The van der Waals surface area contributed by atoms with E-state index in [0.29, 0.717) is 18.2 Å². The number of hydrogen-bond donors (Lipinski definition) is 0. The van der Waals surface area contributed by atoms with E-state index in [0.717, 1.165) is 6.42 Å². The van der Waals surface area contributed by atoms with Crippen LogP contribution in [0.3, 0.4) is 0 Å². The lowest BCUT2D eigenvalue weighted by Crippen LogP contribution is -2.17. The van der Waals surface area contributed by atoms with Gasteiger partial charge in [-0.15, -0.1) is 5.10 Å². The summed E-state index contributed by atoms with van der Waals surface area (Å²) in [5.41, 5.74) is 0.496. The zero-order chi connectivity index (χ0) is 14.4. The van der Waals surface area contributed by atoms with Gasteiger partial charge in [-0.1, -0.05) is 25.5 Å². The summed E-state index contributed by atoms with van der Waals surface area (Å²) in [6, 6.07) is 0. The van der Waals surface area contributed by atoms with E-state index in [2.05, 4.69) is 33.6 Å². The molecular weight excluding hydrogens is 250 g/mol. The van der Waals surface area contributed by atoms with Crippen molar-refractivity contribution in [3.63, 3.8) is 0 Å². The molecule has 0 N–H and O–H groups in total. The van der Waals surface area contributed by atoms with Crippen LogP contribution in [0.25, 0.3) is 0 Å². The van der Waals surface area contributed by atoms with Crippen molar-refractivity contribution in [2.45, 2.75) is 33.2 Å². The fourth-order valence-corrected chi connectivity index (χ4v) is 1.54. The van der Waals surface area contributed by atoms with Crippen molar-refractivity contribution in [3.05, 3.63) is 11.4 Å². The van der Waals surface area contributed by atoms with E-state index in [1.165, 1.54) is 14.2 Å². The summed E-state index contributed by atoms with van der Waals surface area (Å²) in [4.78, 5) is 23.0. The Kier molecular flexibility index (Phi) is 5.47. The summed E-state index contributed by atoms with van der Waals surface area (Å²) in [5, 5.41) is 7.71. The average molecular weight is 269 g/mol. The van der Waals surface area contributed by atoms with E-state index in [1.807, 2.05) is 0 Å². The van der Waals surface area contributed by atoms with Crippen LogP contribution in [-0.2, 0) is 27.2 Å². The Morgan fingerprint density at radius 2 is 2.00 bits per heavy atom. The summed E-state index contributed by atoms with van der Waals surface area (Å²) < 4.78 is 10.8. The summed E-state index contributed by atoms with van der Waals surface area (Å²) in [5.74, 6) is -0.684. The van der Waals surface area contributed by atoms with Gasteiger partial charge in [0.2, 0.25) is 0 Å². The number of carbonyl (C=O) groups is 2. The smallest absolute Gasteiger partial charge is 0.360 e. The molecule has 0 bridgehead atoms. The Morgan fingerprint density at radius 3 is 2.53 bits per heavy atom. The van der Waals surface area contributed by atoms with Crippen molar-refractivity contribution in [1.29, 1.82) is 0 Å². The number of nitrogens with zero attached hydrogens (tertiary/aromatic N) is 3. The standard InChI is InChI=1S/C12H19N3O4/c1-5-8(2)7-15-9(6-10(16)18-3)11(13-14-15)12(17)19-4/h8H,5-7H2,1-4H3. The van der Waals surface area contributed by atoms with E-state index in [9.17, 15) is 9.59 Å². The van der Waals surface area contributed by atoms with Gasteiger partial charge in [0.25, 0.3) is 0 Å². The number of hydrogen-bond acceptors (Lipinski definition) is 6. The molecule has 0 radical (unpaired) electrons. The van der Waals surface area contributed by atoms with Gasteiger partial charge >= 0.3 is 11.9 Å². The Hall–Kier alpha value is -1.92. The predicted octanol–water partition coefficient (Wildman–Crippen LogP) is 0.826. The molecule has 0 fully saturated rings. The van der Waals surface area contributed by atoms with Crippen molar-refractivity contribution in [2.75, 3.05) is 14.2 Å². The van der Waals surface area contributed by atoms with E-state index < -0.39 is 11.9 Å². The monoisotopic (exact) mass is 269 g/mol. The molecule has 7 heteroatoms. The number of ether oxygens (including phenoxy) is 2. The molecule has 0 saturated carbocycles. The maximum absolute atomic E-state index is 11.6. The van der Waals surface area contributed by atoms with Gasteiger partial charge in [0.1, 0.15) is 0 Å². The molecule has 1 unspecified atom stereocenters. The maximum atomic E-state index is 11.6. The Morgan fingerprint density at radius 1 is 1.32 bits per heavy atom. The zero-order valence-corrected chi connectivity index (χ0v) is 11.7. The second kappa shape index (κ2) is 6.86. The van der Waals surface area contributed by atoms with Crippen LogP contribution >= 0.6 is 0 Å². The van der Waals surface area contributed by atoms with Crippen LogP contribution in [0.4, 0.5) is 0 Å².